The maximum Gasteiger partial charge on any atom is 0.0486 e. The molecule has 0 aromatic heterocycles. The van der Waals surface area contributed by atoms with Gasteiger partial charge in [0.05, 0.1) is 0 Å². The third-order valence-electron chi connectivity index (χ3n) is 2.45. The van der Waals surface area contributed by atoms with E-state index in [9.17, 15) is 0 Å². The molecule has 0 atom stereocenters. The van der Waals surface area contributed by atoms with Crippen LogP contribution in [0.2, 0.25) is 0 Å². The number of rotatable bonds is 2. The van der Waals surface area contributed by atoms with E-state index in [4.69, 9.17) is 4.74 Å². The smallest absolute Gasteiger partial charge is 0.0486 e. The molecule has 0 bridgehead atoms. The monoisotopic (exact) mass is 255 g/mol. The van der Waals surface area contributed by atoms with Crippen LogP contribution in [-0.4, -0.2) is 19.3 Å². The van der Waals surface area contributed by atoms with E-state index in [1.807, 2.05) is 12.1 Å². The average Bonchev–Trinajstić information content (AvgIpc) is 2.23. The predicted molar refractivity (Wildman–Crippen MR) is 61.6 cm³/mol. The molecule has 3 heteroatoms. The van der Waals surface area contributed by atoms with Gasteiger partial charge in [-0.15, -0.1) is 0 Å². The Balaban J connectivity index is 1.99. The van der Waals surface area contributed by atoms with Crippen molar-refractivity contribution in [3.8, 4) is 0 Å². The van der Waals surface area contributed by atoms with Gasteiger partial charge in [0, 0.05) is 29.4 Å². The Bertz CT molecular complexity index is 297. The van der Waals surface area contributed by atoms with Crippen LogP contribution in [0.3, 0.4) is 0 Å². The van der Waals surface area contributed by atoms with Gasteiger partial charge in [-0.3, -0.25) is 0 Å². The van der Waals surface area contributed by atoms with Gasteiger partial charge in [0.25, 0.3) is 0 Å². The molecular formula is C11H14BrNO. The van der Waals surface area contributed by atoms with Crippen molar-refractivity contribution in [1.29, 1.82) is 0 Å². The first kappa shape index (κ1) is 9.99. The summed E-state index contributed by atoms with van der Waals surface area (Å²) in [6.45, 7) is 1.75. The second kappa shape index (κ2) is 4.80. The fourth-order valence-electron chi connectivity index (χ4n) is 1.64. The van der Waals surface area contributed by atoms with Crippen molar-refractivity contribution in [2.24, 2.45) is 0 Å². The van der Waals surface area contributed by atoms with E-state index >= 15 is 0 Å². The van der Waals surface area contributed by atoms with Crippen LogP contribution in [0, 0.1) is 0 Å². The van der Waals surface area contributed by atoms with E-state index in [1.54, 1.807) is 0 Å². The Kier molecular flexibility index (Phi) is 3.43. The Morgan fingerprint density at radius 2 is 1.93 bits per heavy atom. The van der Waals surface area contributed by atoms with Crippen LogP contribution in [0.4, 0.5) is 5.69 Å². The summed E-state index contributed by atoms with van der Waals surface area (Å²) >= 11 is 3.53. The molecule has 14 heavy (non-hydrogen) atoms. The highest BCUT2D eigenvalue weighted by Gasteiger charge is 2.13. The van der Waals surface area contributed by atoms with Crippen molar-refractivity contribution in [1.82, 2.24) is 0 Å². The van der Waals surface area contributed by atoms with Crippen LogP contribution in [-0.2, 0) is 4.74 Å². The van der Waals surface area contributed by atoms with Crippen LogP contribution >= 0.6 is 15.9 Å². The lowest BCUT2D eigenvalue weighted by molar-refractivity contribution is 0.0904. The summed E-state index contributed by atoms with van der Waals surface area (Å²) in [6, 6.07) is 8.79. The number of nitrogens with one attached hydrogen (secondary N) is 1. The topological polar surface area (TPSA) is 21.3 Å². The van der Waals surface area contributed by atoms with Gasteiger partial charge >= 0.3 is 0 Å². The molecule has 0 amide bonds. The number of ether oxygens (including phenoxy) is 1. The predicted octanol–water partition coefficient (Wildman–Crippen LogP) is 3.04. The molecule has 1 fully saturated rings. The van der Waals surface area contributed by atoms with Gasteiger partial charge < -0.3 is 10.1 Å². The van der Waals surface area contributed by atoms with E-state index in [0.29, 0.717) is 6.04 Å². The number of benzene rings is 1. The van der Waals surface area contributed by atoms with Crippen LogP contribution in [0.15, 0.2) is 28.7 Å². The largest absolute Gasteiger partial charge is 0.381 e. The van der Waals surface area contributed by atoms with Gasteiger partial charge in [0.15, 0.2) is 0 Å². The highest BCUT2D eigenvalue weighted by molar-refractivity contribution is 9.10. The number of anilines is 1. The summed E-state index contributed by atoms with van der Waals surface area (Å²) in [7, 11) is 0. The lowest BCUT2D eigenvalue weighted by atomic mass is 10.1. The molecule has 1 aromatic carbocycles. The highest BCUT2D eigenvalue weighted by atomic mass is 79.9. The maximum atomic E-state index is 5.32. The Labute approximate surface area is 92.8 Å². The number of hydrogen-bond acceptors (Lipinski definition) is 2. The fourth-order valence-corrected chi connectivity index (χ4v) is 2.04. The maximum absolute atomic E-state index is 5.32. The van der Waals surface area contributed by atoms with Crippen molar-refractivity contribution in [2.45, 2.75) is 18.9 Å². The van der Waals surface area contributed by atoms with Crippen molar-refractivity contribution in [3.63, 3.8) is 0 Å². The fraction of sp³-hybridized carbons (Fsp3) is 0.455. The molecule has 0 unspecified atom stereocenters. The summed E-state index contributed by atoms with van der Waals surface area (Å²) in [4.78, 5) is 0. The normalized spacial score (nSPS) is 18.1. The standard InChI is InChI=1S/C11H14BrNO/c12-10-3-1-2-4-11(10)13-9-5-7-14-8-6-9/h1-4,9,13H,5-8H2. The van der Waals surface area contributed by atoms with Gasteiger partial charge in [-0.05, 0) is 40.9 Å². The second-order valence-electron chi connectivity index (χ2n) is 3.51. The Morgan fingerprint density at radius 1 is 1.21 bits per heavy atom. The molecular weight excluding hydrogens is 242 g/mol. The average molecular weight is 256 g/mol. The zero-order chi connectivity index (χ0) is 9.80. The van der Waals surface area contributed by atoms with Crippen LogP contribution in [0.5, 0.6) is 0 Å². The van der Waals surface area contributed by atoms with Crippen molar-refractivity contribution in [2.75, 3.05) is 18.5 Å². The molecule has 1 N–H and O–H groups in total. The van der Waals surface area contributed by atoms with Crippen molar-refractivity contribution < 1.29 is 4.74 Å². The van der Waals surface area contributed by atoms with Crippen LogP contribution in [0.1, 0.15) is 12.8 Å². The molecule has 1 heterocycles. The summed E-state index contributed by atoms with van der Waals surface area (Å²) in [5.74, 6) is 0. The van der Waals surface area contributed by atoms with Gasteiger partial charge in [0.1, 0.15) is 0 Å². The molecule has 2 rings (SSSR count). The number of para-hydroxylation sites is 1. The lowest BCUT2D eigenvalue weighted by Gasteiger charge is -2.24. The third kappa shape index (κ3) is 2.49. The molecule has 76 valence electrons. The lowest BCUT2D eigenvalue weighted by Crippen LogP contribution is -2.27. The van der Waals surface area contributed by atoms with Gasteiger partial charge in [-0.2, -0.15) is 0 Å². The van der Waals surface area contributed by atoms with Crippen molar-refractivity contribution in [3.05, 3.63) is 28.7 Å². The van der Waals surface area contributed by atoms with Gasteiger partial charge in [0.2, 0.25) is 0 Å². The van der Waals surface area contributed by atoms with E-state index in [0.717, 1.165) is 30.5 Å². The minimum Gasteiger partial charge on any atom is -0.381 e. The van der Waals surface area contributed by atoms with E-state index in [-0.39, 0.29) is 0 Å². The summed E-state index contributed by atoms with van der Waals surface area (Å²) < 4.78 is 6.45. The third-order valence-corrected chi connectivity index (χ3v) is 3.15. The first-order chi connectivity index (χ1) is 6.86. The molecule has 1 aliphatic rings. The Morgan fingerprint density at radius 3 is 2.64 bits per heavy atom. The van der Waals surface area contributed by atoms with Crippen molar-refractivity contribution >= 4 is 21.6 Å². The minimum atomic E-state index is 0.558. The summed E-state index contributed by atoms with van der Waals surface area (Å²) in [5.41, 5.74) is 1.18. The van der Waals surface area contributed by atoms with Gasteiger partial charge in [-0.25, -0.2) is 0 Å². The molecule has 0 saturated carbocycles. The molecule has 1 aromatic rings. The highest BCUT2D eigenvalue weighted by Crippen LogP contribution is 2.23. The Hall–Kier alpha value is -0.540. The van der Waals surface area contributed by atoms with Crippen LogP contribution < -0.4 is 5.32 Å². The molecule has 0 aliphatic carbocycles. The van der Waals surface area contributed by atoms with Gasteiger partial charge in [-0.1, -0.05) is 12.1 Å². The SMILES string of the molecule is Brc1ccccc1NC1CCOCC1. The molecule has 0 radical (unpaired) electrons. The second-order valence-corrected chi connectivity index (χ2v) is 4.37. The first-order valence-corrected chi connectivity index (χ1v) is 5.74. The zero-order valence-electron chi connectivity index (χ0n) is 8.00. The molecule has 1 saturated heterocycles. The zero-order valence-corrected chi connectivity index (χ0v) is 9.59. The molecule has 0 spiro atoms. The van der Waals surface area contributed by atoms with E-state index in [1.165, 1.54) is 5.69 Å². The number of hydrogen-bond donors (Lipinski definition) is 1. The number of halogens is 1. The quantitative estimate of drug-likeness (QED) is 0.878. The molecule has 2 nitrogen and oxygen atoms in total. The molecule has 1 aliphatic heterocycles. The van der Waals surface area contributed by atoms with Crippen LogP contribution in [0.25, 0.3) is 0 Å². The van der Waals surface area contributed by atoms with E-state index < -0.39 is 0 Å². The minimum absolute atomic E-state index is 0.558. The first-order valence-electron chi connectivity index (χ1n) is 4.95. The van der Waals surface area contributed by atoms with E-state index in [2.05, 4.69) is 33.4 Å². The summed E-state index contributed by atoms with van der Waals surface area (Å²) in [6.07, 6.45) is 2.20. The summed E-state index contributed by atoms with van der Waals surface area (Å²) in [5, 5.41) is 3.52.